The van der Waals surface area contributed by atoms with Crippen molar-refractivity contribution in [2.24, 2.45) is 0 Å². The lowest BCUT2D eigenvalue weighted by Crippen LogP contribution is -2.29. The molecule has 0 saturated carbocycles. The molecule has 0 atom stereocenters. The summed E-state index contributed by atoms with van der Waals surface area (Å²) in [5.74, 6) is 0. The number of hydrogen-bond donors (Lipinski definition) is 0. The minimum Gasteiger partial charge on any atom is -0.0987 e. The highest BCUT2D eigenvalue weighted by Crippen LogP contribution is 2.56. The van der Waals surface area contributed by atoms with Crippen molar-refractivity contribution in [2.45, 2.75) is 25.7 Å². The summed E-state index contributed by atoms with van der Waals surface area (Å²) in [4.78, 5) is 0. The molecule has 3 aromatic rings. The molecule has 3 aromatic carbocycles. The van der Waals surface area contributed by atoms with Gasteiger partial charge in [0.15, 0.2) is 0 Å². The molecule has 0 aliphatic heterocycles. The standard InChI is InChI=1S/C28H26/c1-4-6-7-12-22(5-2)28(23-19-17-21(3)18-20-23)26-15-10-8-13-24(26)25-14-9-11-16-27(25)28/h5-20H,2,4H2,1,3H3/b7-6-,22-12+. The number of allylic oxidation sites excluding steroid dienone is 5. The van der Waals surface area contributed by atoms with Crippen molar-refractivity contribution < 1.29 is 0 Å². The van der Waals surface area contributed by atoms with E-state index < -0.39 is 0 Å². The van der Waals surface area contributed by atoms with Crippen molar-refractivity contribution in [1.82, 2.24) is 0 Å². The summed E-state index contributed by atoms with van der Waals surface area (Å²) >= 11 is 0. The van der Waals surface area contributed by atoms with Gasteiger partial charge in [-0.1, -0.05) is 116 Å². The van der Waals surface area contributed by atoms with Crippen molar-refractivity contribution in [3.8, 4) is 11.1 Å². The van der Waals surface area contributed by atoms with Gasteiger partial charge in [-0.25, -0.2) is 0 Å². The van der Waals surface area contributed by atoms with Crippen molar-refractivity contribution in [1.29, 1.82) is 0 Å². The van der Waals surface area contributed by atoms with E-state index >= 15 is 0 Å². The first-order chi connectivity index (χ1) is 13.7. The lowest BCUT2D eigenvalue weighted by Gasteiger charge is -2.34. The van der Waals surface area contributed by atoms with Crippen LogP contribution < -0.4 is 0 Å². The van der Waals surface area contributed by atoms with E-state index in [1.54, 1.807) is 0 Å². The molecular weight excluding hydrogens is 336 g/mol. The van der Waals surface area contributed by atoms with Gasteiger partial charge in [-0.3, -0.25) is 0 Å². The number of fused-ring (bicyclic) bond motifs is 3. The summed E-state index contributed by atoms with van der Waals surface area (Å²) in [5.41, 5.74) is 8.70. The second-order valence-corrected chi connectivity index (χ2v) is 7.37. The van der Waals surface area contributed by atoms with Gasteiger partial charge in [0.05, 0.1) is 5.41 Å². The Hall–Kier alpha value is -3.12. The molecule has 0 aromatic heterocycles. The highest BCUT2D eigenvalue weighted by molar-refractivity contribution is 5.86. The fourth-order valence-electron chi connectivity index (χ4n) is 4.48. The van der Waals surface area contributed by atoms with Crippen LogP contribution in [-0.4, -0.2) is 0 Å². The van der Waals surface area contributed by atoms with Crippen LogP contribution in [0.1, 0.15) is 35.6 Å². The quantitative estimate of drug-likeness (QED) is 0.415. The number of aryl methyl sites for hydroxylation is 1. The van der Waals surface area contributed by atoms with Crippen LogP contribution in [0.15, 0.2) is 109 Å². The van der Waals surface area contributed by atoms with Gasteiger partial charge < -0.3 is 0 Å². The summed E-state index contributed by atoms with van der Waals surface area (Å²) in [5, 5.41) is 0. The first kappa shape index (κ1) is 18.3. The van der Waals surface area contributed by atoms with Crippen LogP contribution in [0.25, 0.3) is 11.1 Å². The fraction of sp³-hybridized carbons (Fsp3) is 0.143. The van der Waals surface area contributed by atoms with Crippen LogP contribution >= 0.6 is 0 Å². The van der Waals surface area contributed by atoms with E-state index in [0.29, 0.717) is 0 Å². The zero-order chi connectivity index (χ0) is 19.6. The largest absolute Gasteiger partial charge is 0.0987 e. The van der Waals surface area contributed by atoms with Gasteiger partial charge in [0, 0.05) is 0 Å². The van der Waals surface area contributed by atoms with Crippen molar-refractivity contribution in [3.63, 3.8) is 0 Å². The van der Waals surface area contributed by atoms with E-state index in [4.69, 9.17) is 0 Å². The van der Waals surface area contributed by atoms with E-state index in [1.165, 1.54) is 39.0 Å². The second kappa shape index (κ2) is 7.48. The van der Waals surface area contributed by atoms with E-state index in [0.717, 1.165) is 6.42 Å². The van der Waals surface area contributed by atoms with Crippen LogP contribution in [0.3, 0.4) is 0 Å². The second-order valence-electron chi connectivity index (χ2n) is 7.37. The SMILES string of the molecule is C=C/C(=C\C=C/CC)C1(c2ccc(C)cc2)c2ccccc2-c2ccccc21. The molecule has 0 heterocycles. The monoisotopic (exact) mass is 362 g/mol. The topological polar surface area (TPSA) is 0 Å². The Balaban J connectivity index is 2.13. The van der Waals surface area contributed by atoms with Crippen molar-refractivity contribution in [3.05, 3.63) is 132 Å². The maximum atomic E-state index is 4.22. The van der Waals surface area contributed by atoms with Crippen molar-refractivity contribution in [2.75, 3.05) is 0 Å². The van der Waals surface area contributed by atoms with Crippen LogP contribution in [0.5, 0.6) is 0 Å². The Morgan fingerprint density at radius 2 is 1.43 bits per heavy atom. The summed E-state index contributed by atoms with van der Waals surface area (Å²) in [6.07, 6.45) is 9.63. The molecule has 0 nitrogen and oxygen atoms in total. The van der Waals surface area contributed by atoms with Gasteiger partial charge in [-0.2, -0.15) is 0 Å². The van der Waals surface area contributed by atoms with Gasteiger partial charge in [-0.15, -0.1) is 0 Å². The molecule has 0 unspecified atom stereocenters. The number of benzene rings is 3. The fourth-order valence-corrected chi connectivity index (χ4v) is 4.48. The Labute approximate surface area is 168 Å². The van der Waals surface area contributed by atoms with Crippen LogP contribution in [0, 0.1) is 6.92 Å². The lowest BCUT2D eigenvalue weighted by molar-refractivity contribution is 0.767. The number of rotatable bonds is 5. The van der Waals surface area contributed by atoms with Gasteiger partial charge in [0.1, 0.15) is 0 Å². The molecule has 0 N–H and O–H groups in total. The van der Waals surface area contributed by atoms with Crippen molar-refractivity contribution >= 4 is 0 Å². The molecule has 0 bridgehead atoms. The highest BCUT2D eigenvalue weighted by atomic mass is 14.5. The molecule has 0 saturated heterocycles. The van der Waals surface area contributed by atoms with Gasteiger partial charge >= 0.3 is 0 Å². The molecule has 0 radical (unpaired) electrons. The average Bonchev–Trinajstić information content (AvgIpc) is 3.04. The Morgan fingerprint density at radius 3 is 1.96 bits per heavy atom. The Bertz CT molecular complexity index is 1020. The van der Waals surface area contributed by atoms with Gasteiger partial charge in [-0.05, 0) is 46.7 Å². The molecule has 28 heavy (non-hydrogen) atoms. The first-order valence-electron chi connectivity index (χ1n) is 9.99. The highest BCUT2D eigenvalue weighted by Gasteiger charge is 2.46. The third-order valence-corrected chi connectivity index (χ3v) is 5.74. The predicted octanol–water partition coefficient (Wildman–Crippen LogP) is 7.39. The molecule has 1 aliphatic rings. The maximum Gasteiger partial charge on any atom is 0.0713 e. The zero-order valence-electron chi connectivity index (χ0n) is 16.7. The number of hydrogen-bond acceptors (Lipinski definition) is 0. The zero-order valence-corrected chi connectivity index (χ0v) is 16.7. The summed E-state index contributed by atoms with van der Waals surface area (Å²) in [6.45, 7) is 8.52. The Morgan fingerprint density at radius 1 is 0.857 bits per heavy atom. The van der Waals surface area contributed by atoms with E-state index in [1.807, 2.05) is 6.08 Å². The van der Waals surface area contributed by atoms with Crippen LogP contribution in [-0.2, 0) is 5.41 Å². The summed E-state index contributed by atoms with van der Waals surface area (Å²) in [6, 6.07) is 26.6. The molecular formula is C28H26. The summed E-state index contributed by atoms with van der Waals surface area (Å²) in [7, 11) is 0. The minimum atomic E-state index is -0.347. The van der Waals surface area contributed by atoms with E-state index in [2.05, 4.69) is 111 Å². The van der Waals surface area contributed by atoms with E-state index in [9.17, 15) is 0 Å². The molecule has 0 fully saturated rings. The van der Waals surface area contributed by atoms with Gasteiger partial charge in [0.2, 0.25) is 0 Å². The molecule has 0 amide bonds. The lowest BCUT2D eigenvalue weighted by atomic mass is 9.67. The first-order valence-corrected chi connectivity index (χ1v) is 9.99. The molecule has 0 spiro atoms. The van der Waals surface area contributed by atoms with Gasteiger partial charge in [0.25, 0.3) is 0 Å². The molecule has 1 aliphatic carbocycles. The normalized spacial score (nSPS) is 14.7. The smallest absolute Gasteiger partial charge is 0.0713 e. The predicted molar refractivity (Wildman–Crippen MR) is 121 cm³/mol. The third kappa shape index (κ3) is 2.68. The molecule has 138 valence electrons. The van der Waals surface area contributed by atoms with Crippen LogP contribution in [0.4, 0.5) is 0 Å². The van der Waals surface area contributed by atoms with E-state index in [-0.39, 0.29) is 5.41 Å². The Kier molecular flexibility index (Phi) is 4.88. The maximum absolute atomic E-state index is 4.22. The molecule has 4 rings (SSSR count). The minimum absolute atomic E-state index is 0.347. The third-order valence-electron chi connectivity index (χ3n) is 5.74. The molecule has 0 heteroatoms. The van der Waals surface area contributed by atoms with Crippen LogP contribution in [0.2, 0.25) is 0 Å². The average molecular weight is 363 g/mol. The summed E-state index contributed by atoms with van der Waals surface area (Å²) < 4.78 is 0.